The van der Waals surface area contributed by atoms with Crippen LogP contribution in [0.15, 0.2) is 47.2 Å². The Bertz CT molecular complexity index is 953. The number of rotatable bonds is 7. The lowest BCUT2D eigenvalue weighted by molar-refractivity contribution is -0.122. The van der Waals surface area contributed by atoms with Crippen molar-refractivity contribution in [2.45, 2.75) is 54.9 Å². The summed E-state index contributed by atoms with van der Waals surface area (Å²) in [5, 5.41) is 0. The fourth-order valence-electron chi connectivity index (χ4n) is 4.15. The van der Waals surface area contributed by atoms with E-state index in [1.165, 1.54) is 16.7 Å². The van der Waals surface area contributed by atoms with Crippen LogP contribution in [0.5, 0.6) is 0 Å². The van der Waals surface area contributed by atoms with Gasteiger partial charge in [0.25, 0.3) is 0 Å². The van der Waals surface area contributed by atoms with Gasteiger partial charge in [0, 0.05) is 29.1 Å². The first-order valence-corrected chi connectivity index (χ1v) is 13.9. The van der Waals surface area contributed by atoms with Crippen LogP contribution in [0.3, 0.4) is 0 Å². The molecule has 0 aliphatic carbocycles. The third-order valence-corrected chi connectivity index (χ3v) is 6.67. The lowest BCUT2D eigenvalue weighted by Crippen LogP contribution is -2.33. The van der Waals surface area contributed by atoms with Crippen LogP contribution < -0.4 is 0 Å². The van der Waals surface area contributed by atoms with E-state index in [0.29, 0.717) is 13.3 Å². The Morgan fingerprint density at radius 2 is 2.00 bits per heavy atom. The van der Waals surface area contributed by atoms with Crippen molar-refractivity contribution >= 4 is 33.5 Å². The molecule has 0 saturated heterocycles. The molecule has 0 N–H and O–H groups in total. The second-order valence-electron chi connectivity index (χ2n) is 9.83. The van der Waals surface area contributed by atoms with Gasteiger partial charge >= 0.3 is 0 Å². The van der Waals surface area contributed by atoms with Gasteiger partial charge in [-0.2, -0.15) is 10.5 Å². The molecule has 0 radical (unpaired) electrons. The highest BCUT2D eigenvalue weighted by Crippen LogP contribution is 2.41. The third kappa shape index (κ3) is 7.00. The number of aryl methyl sites for hydroxylation is 1. The molecule has 4 nitrogen and oxygen atoms in total. The van der Waals surface area contributed by atoms with Gasteiger partial charge in [0.15, 0.2) is 5.78 Å². The Morgan fingerprint density at radius 3 is 2.61 bits per heavy atom. The van der Waals surface area contributed by atoms with E-state index in [1.54, 1.807) is 0 Å². The number of aliphatic imine (C=N–C) groups is 1. The van der Waals surface area contributed by atoms with E-state index in [9.17, 15) is 4.79 Å². The summed E-state index contributed by atoms with van der Waals surface area (Å²) in [5.74, 6) is 6.35. The van der Waals surface area contributed by atoms with E-state index in [2.05, 4.69) is 50.2 Å². The second kappa shape index (κ2) is 11.9. The molecule has 0 fully saturated rings. The normalized spacial score (nSPS) is 21.1. The molecule has 33 heavy (non-hydrogen) atoms. The molecule has 2 aliphatic heterocycles. The molecule has 1 aromatic carbocycles. The zero-order chi connectivity index (χ0) is 24.8. The van der Waals surface area contributed by atoms with Crippen LogP contribution in [0.1, 0.15) is 59.1 Å². The summed E-state index contributed by atoms with van der Waals surface area (Å²) in [5.41, 5.74) is 4.08. The number of benzene rings is 1. The molecule has 1 aromatic rings. The number of hydrogen-bond acceptors (Lipinski definition) is 4. The molecule has 182 valence electrons. The van der Waals surface area contributed by atoms with Crippen molar-refractivity contribution < 1.29 is 9.53 Å². The number of nitrogens with zero attached hydrogens (tertiary/aromatic N) is 2. The minimum atomic E-state index is -0.433. The topological polar surface area (TPSA) is 41.9 Å². The summed E-state index contributed by atoms with van der Waals surface area (Å²) in [6.45, 7) is 15.4. The van der Waals surface area contributed by atoms with Gasteiger partial charge in [-0.05, 0) is 36.7 Å². The summed E-state index contributed by atoms with van der Waals surface area (Å²) < 4.78 is 5.93. The quantitative estimate of drug-likeness (QED) is 0.336. The summed E-state index contributed by atoms with van der Waals surface area (Å²) in [7, 11) is 0.108. The van der Waals surface area contributed by atoms with E-state index in [-0.39, 0.29) is 28.1 Å². The van der Waals surface area contributed by atoms with Crippen LogP contribution in [0.25, 0.3) is 5.57 Å². The molecule has 5 heteroatoms. The molecule has 0 bridgehead atoms. The SMILES string of the molecule is C=S(C)CCOCN1C=C(C(=O)C(C)(C)C)C2C1=NC=C(c1cccc(C)c1)CC2C.CC. The standard InChI is InChI=1S/C26H36N2O2S.C2H6/c1-18-9-8-10-20(13-18)21-14-19(2)23-22(24(29)26(3,4)5)16-28(25(23)27-15-21)17-30-11-12-31(6)7;1-2/h8-10,13,15-16,19,23H,6,11-12,14,17H2,1-5,7H3;1-2H3. The molecule has 2 heterocycles. The van der Waals surface area contributed by atoms with Crippen molar-refractivity contribution in [2.75, 3.05) is 25.3 Å². The Kier molecular flexibility index (Phi) is 9.86. The van der Waals surface area contributed by atoms with Gasteiger partial charge in [0.1, 0.15) is 12.6 Å². The minimum Gasteiger partial charge on any atom is -0.360 e. The van der Waals surface area contributed by atoms with Crippen molar-refractivity contribution in [1.82, 2.24) is 4.90 Å². The van der Waals surface area contributed by atoms with Crippen LogP contribution in [-0.4, -0.2) is 47.7 Å². The molecule has 0 aromatic heterocycles. The molecular weight excluding hydrogens is 428 g/mol. The maximum Gasteiger partial charge on any atom is 0.166 e. The number of carbonyl (C=O) groups is 1. The first kappa shape index (κ1) is 27.3. The van der Waals surface area contributed by atoms with Crippen molar-refractivity contribution in [2.24, 2.45) is 22.2 Å². The summed E-state index contributed by atoms with van der Waals surface area (Å²) in [4.78, 5) is 20.3. The molecule has 3 atom stereocenters. The van der Waals surface area contributed by atoms with Crippen molar-refractivity contribution in [3.63, 3.8) is 0 Å². The van der Waals surface area contributed by atoms with Gasteiger partial charge in [-0.25, -0.2) is 4.99 Å². The average molecular weight is 471 g/mol. The predicted molar refractivity (Wildman–Crippen MR) is 146 cm³/mol. The molecule has 2 aliphatic rings. The monoisotopic (exact) mass is 470 g/mol. The van der Waals surface area contributed by atoms with Crippen LogP contribution in [-0.2, 0) is 9.53 Å². The van der Waals surface area contributed by atoms with Gasteiger partial charge in [-0.1, -0.05) is 77.2 Å². The predicted octanol–water partition coefficient (Wildman–Crippen LogP) is 6.54. The van der Waals surface area contributed by atoms with Crippen LogP contribution in [0, 0.1) is 24.2 Å². The Hall–Kier alpha value is -1.98. The number of ketones is 1. The largest absolute Gasteiger partial charge is 0.360 e. The summed E-state index contributed by atoms with van der Waals surface area (Å²) in [6.07, 6.45) is 6.97. The smallest absolute Gasteiger partial charge is 0.166 e. The number of allylic oxidation sites excluding steroid dienone is 1. The zero-order valence-corrected chi connectivity index (χ0v) is 22.6. The van der Waals surface area contributed by atoms with Gasteiger partial charge < -0.3 is 9.64 Å². The van der Waals surface area contributed by atoms with Crippen molar-refractivity contribution in [3.8, 4) is 0 Å². The van der Waals surface area contributed by atoms with E-state index in [4.69, 9.17) is 9.73 Å². The van der Waals surface area contributed by atoms with E-state index in [0.717, 1.165) is 23.6 Å². The summed E-state index contributed by atoms with van der Waals surface area (Å²) in [6, 6.07) is 8.55. The minimum absolute atomic E-state index is 0.0116. The lowest BCUT2D eigenvalue weighted by atomic mass is 9.76. The van der Waals surface area contributed by atoms with Gasteiger partial charge in [0.05, 0.1) is 12.5 Å². The van der Waals surface area contributed by atoms with Crippen molar-refractivity contribution in [1.29, 1.82) is 0 Å². The Balaban J connectivity index is 0.00000187. The lowest BCUT2D eigenvalue weighted by Gasteiger charge is -2.26. The highest BCUT2D eigenvalue weighted by atomic mass is 32.2. The number of amidine groups is 1. The maximum absolute atomic E-state index is 13.3. The van der Waals surface area contributed by atoms with Crippen molar-refractivity contribution in [3.05, 3.63) is 53.4 Å². The summed E-state index contributed by atoms with van der Waals surface area (Å²) >= 11 is 0. The third-order valence-electron chi connectivity index (χ3n) is 5.80. The van der Waals surface area contributed by atoms with E-state index >= 15 is 0 Å². The average Bonchev–Trinajstić information content (AvgIpc) is 3.02. The van der Waals surface area contributed by atoms with E-state index < -0.39 is 5.41 Å². The Labute approximate surface area is 203 Å². The number of carbonyl (C=O) groups excluding carboxylic acids is 1. The molecule has 3 rings (SSSR count). The highest BCUT2D eigenvalue weighted by Gasteiger charge is 2.42. The first-order valence-electron chi connectivity index (χ1n) is 11.9. The van der Waals surface area contributed by atoms with Gasteiger partial charge in [0.2, 0.25) is 0 Å². The van der Waals surface area contributed by atoms with Crippen LogP contribution in [0.4, 0.5) is 0 Å². The molecule has 0 amide bonds. The maximum atomic E-state index is 13.3. The zero-order valence-electron chi connectivity index (χ0n) is 21.8. The highest BCUT2D eigenvalue weighted by molar-refractivity contribution is 8.13. The van der Waals surface area contributed by atoms with Gasteiger partial charge in [-0.15, -0.1) is 0 Å². The van der Waals surface area contributed by atoms with Crippen LogP contribution >= 0.6 is 10.5 Å². The fourth-order valence-corrected chi connectivity index (χ4v) is 4.55. The Morgan fingerprint density at radius 1 is 1.30 bits per heavy atom. The van der Waals surface area contributed by atoms with E-state index in [1.807, 2.05) is 51.9 Å². The molecule has 0 saturated carbocycles. The number of fused-ring (bicyclic) bond motifs is 1. The molecular formula is C28H42N2O2S. The van der Waals surface area contributed by atoms with Gasteiger partial charge in [-0.3, -0.25) is 4.79 Å². The fraction of sp³-hybridized carbons (Fsp3) is 0.536. The number of hydrogen-bond donors (Lipinski definition) is 0. The molecule has 0 spiro atoms. The first-order chi connectivity index (χ1) is 15.6. The number of Topliss-reactive ketones (excluding diaryl/α,β-unsaturated/α-hetero) is 1. The molecule has 3 unspecified atom stereocenters. The van der Waals surface area contributed by atoms with Crippen LogP contribution in [0.2, 0.25) is 0 Å². The second-order valence-corrected chi connectivity index (χ2v) is 11.8. The number of ether oxygens (including phenoxy) is 1.